The quantitative estimate of drug-likeness (QED) is 0.709. The van der Waals surface area contributed by atoms with Crippen molar-refractivity contribution >= 4 is 0 Å². The third-order valence-electron chi connectivity index (χ3n) is 2.36. The second-order valence-corrected chi connectivity index (χ2v) is 3.40. The van der Waals surface area contributed by atoms with Crippen LogP contribution in [0.25, 0.3) is 0 Å². The van der Waals surface area contributed by atoms with E-state index in [2.05, 4.69) is 13.0 Å². The minimum atomic E-state index is -0.501. The topological polar surface area (TPSA) is 49.8 Å². The molecule has 0 bridgehead atoms. The Morgan fingerprint density at radius 3 is 2.23 bits per heavy atom. The van der Waals surface area contributed by atoms with Crippen LogP contribution in [0.5, 0.6) is 0 Å². The van der Waals surface area contributed by atoms with Gasteiger partial charge in [-0.3, -0.25) is 0 Å². The lowest BCUT2D eigenvalue weighted by Crippen LogP contribution is -2.09. The summed E-state index contributed by atoms with van der Waals surface area (Å²) in [5, 5.41) is 8.70. The molecule has 0 radical (unpaired) electrons. The van der Waals surface area contributed by atoms with E-state index in [1.807, 2.05) is 26.0 Å². The van der Waals surface area contributed by atoms with Gasteiger partial charge in [-0.2, -0.15) is 5.26 Å². The van der Waals surface area contributed by atoms with Crippen molar-refractivity contribution in [1.82, 2.24) is 0 Å². The normalized spacial score (nSPS) is 12.2. The fourth-order valence-corrected chi connectivity index (χ4v) is 1.39. The predicted molar refractivity (Wildman–Crippen MR) is 53.2 cm³/mol. The molecule has 0 fully saturated rings. The second kappa shape index (κ2) is 3.59. The van der Waals surface area contributed by atoms with Crippen LogP contribution >= 0.6 is 0 Å². The molecular formula is C11H14N2. The van der Waals surface area contributed by atoms with Gasteiger partial charge in [0.05, 0.1) is 6.07 Å². The zero-order chi connectivity index (χ0) is 10.0. The maximum absolute atomic E-state index is 8.70. The van der Waals surface area contributed by atoms with E-state index >= 15 is 0 Å². The molecule has 0 saturated carbocycles. The van der Waals surface area contributed by atoms with Crippen molar-refractivity contribution in [2.24, 2.45) is 5.73 Å². The molecule has 0 heterocycles. The molecule has 13 heavy (non-hydrogen) atoms. The highest BCUT2D eigenvalue weighted by atomic mass is 14.6. The fraction of sp³-hybridized carbons (Fsp3) is 0.364. The summed E-state index contributed by atoms with van der Waals surface area (Å²) in [6.07, 6.45) is 0. The van der Waals surface area contributed by atoms with Gasteiger partial charge in [0.1, 0.15) is 6.04 Å². The highest BCUT2D eigenvalue weighted by molar-refractivity contribution is 5.39. The van der Waals surface area contributed by atoms with Crippen molar-refractivity contribution in [3.63, 3.8) is 0 Å². The molecule has 1 atom stereocenters. The highest BCUT2D eigenvalue weighted by Gasteiger charge is 2.08. The molecule has 0 saturated heterocycles. The minimum absolute atomic E-state index is 0.501. The van der Waals surface area contributed by atoms with Crippen molar-refractivity contribution < 1.29 is 0 Å². The van der Waals surface area contributed by atoms with Gasteiger partial charge in [0.25, 0.3) is 0 Å². The molecule has 0 aliphatic heterocycles. The lowest BCUT2D eigenvalue weighted by molar-refractivity contribution is 0.909. The van der Waals surface area contributed by atoms with E-state index in [1.165, 1.54) is 11.1 Å². The summed E-state index contributed by atoms with van der Waals surface area (Å²) >= 11 is 0. The van der Waals surface area contributed by atoms with Crippen LogP contribution in [0.4, 0.5) is 0 Å². The molecule has 2 N–H and O–H groups in total. The Labute approximate surface area is 79.0 Å². The van der Waals surface area contributed by atoms with Crippen molar-refractivity contribution in [3.8, 4) is 6.07 Å². The van der Waals surface area contributed by atoms with Crippen LogP contribution in [-0.4, -0.2) is 0 Å². The molecule has 0 amide bonds. The van der Waals surface area contributed by atoms with Crippen molar-refractivity contribution in [2.75, 3.05) is 0 Å². The summed E-state index contributed by atoms with van der Waals surface area (Å²) in [7, 11) is 0. The number of hydrogen-bond acceptors (Lipinski definition) is 2. The molecule has 1 aromatic rings. The van der Waals surface area contributed by atoms with Gasteiger partial charge in [-0.1, -0.05) is 12.1 Å². The molecule has 0 aliphatic carbocycles. The Balaban J connectivity index is 3.25. The molecule has 1 rings (SSSR count). The first-order valence-corrected chi connectivity index (χ1v) is 4.29. The standard InChI is InChI=1S/C11H14N2/c1-7-4-9(3)10(5-8(7)2)11(13)6-12/h4-5,11H,13H2,1-3H3. The number of nitriles is 1. The number of nitrogens with zero attached hydrogens (tertiary/aromatic N) is 1. The largest absolute Gasteiger partial charge is 0.312 e. The van der Waals surface area contributed by atoms with E-state index in [9.17, 15) is 0 Å². The van der Waals surface area contributed by atoms with Crippen LogP contribution in [0.3, 0.4) is 0 Å². The summed E-state index contributed by atoms with van der Waals surface area (Å²) in [6, 6.07) is 5.62. The van der Waals surface area contributed by atoms with Gasteiger partial charge in [0.15, 0.2) is 0 Å². The molecule has 1 unspecified atom stereocenters. The molecule has 0 aliphatic rings. The van der Waals surface area contributed by atoms with Gasteiger partial charge in [-0.25, -0.2) is 0 Å². The van der Waals surface area contributed by atoms with Crippen LogP contribution in [0.1, 0.15) is 28.3 Å². The Kier molecular flexibility index (Phi) is 2.69. The smallest absolute Gasteiger partial charge is 0.119 e. The Bertz CT molecular complexity index is 361. The average Bonchev–Trinajstić information content (AvgIpc) is 2.10. The zero-order valence-electron chi connectivity index (χ0n) is 8.26. The second-order valence-electron chi connectivity index (χ2n) is 3.40. The number of rotatable bonds is 1. The van der Waals surface area contributed by atoms with Crippen molar-refractivity contribution in [1.29, 1.82) is 5.26 Å². The van der Waals surface area contributed by atoms with E-state index in [4.69, 9.17) is 11.0 Å². The van der Waals surface area contributed by atoms with Gasteiger partial charge in [-0.05, 0) is 43.0 Å². The number of aryl methyl sites for hydroxylation is 3. The van der Waals surface area contributed by atoms with E-state index < -0.39 is 6.04 Å². The van der Waals surface area contributed by atoms with Gasteiger partial charge < -0.3 is 5.73 Å². The average molecular weight is 174 g/mol. The van der Waals surface area contributed by atoms with Crippen LogP contribution < -0.4 is 5.73 Å². The van der Waals surface area contributed by atoms with E-state index in [0.29, 0.717) is 0 Å². The molecule has 0 aromatic heterocycles. The van der Waals surface area contributed by atoms with Crippen molar-refractivity contribution in [2.45, 2.75) is 26.8 Å². The lowest BCUT2D eigenvalue weighted by Gasteiger charge is -2.10. The third kappa shape index (κ3) is 1.88. The Morgan fingerprint density at radius 1 is 1.15 bits per heavy atom. The Morgan fingerprint density at radius 2 is 1.69 bits per heavy atom. The van der Waals surface area contributed by atoms with Gasteiger partial charge in [0, 0.05) is 0 Å². The van der Waals surface area contributed by atoms with Crippen LogP contribution in [0.15, 0.2) is 12.1 Å². The number of hydrogen-bond donors (Lipinski definition) is 1. The maximum atomic E-state index is 8.70. The zero-order valence-corrected chi connectivity index (χ0v) is 8.26. The van der Waals surface area contributed by atoms with Crippen LogP contribution in [0, 0.1) is 32.1 Å². The molecule has 0 spiro atoms. The summed E-state index contributed by atoms with van der Waals surface area (Å²) in [4.78, 5) is 0. The summed E-state index contributed by atoms with van der Waals surface area (Å²) in [5.41, 5.74) is 10.1. The van der Waals surface area contributed by atoms with E-state index in [1.54, 1.807) is 0 Å². The van der Waals surface area contributed by atoms with Crippen LogP contribution in [0.2, 0.25) is 0 Å². The fourth-order valence-electron chi connectivity index (χ4n) is 1.39. The molecule has 1 aromatic carbocycles. The van der Waals surface area contributed by atoms with Crippen LogP contribution in [-0.2, 0) is 0 Å². The third-order valence-corrected chi connectivity index (χ3v) is 2.36. The highest BCUT2D eigenvalue weighted by Crippen LogP contribution is 2.19. The first-order chi connectivity index (χ1) is 6.06. The number of nitrogens with two attached hydrogens (primary N) is 1. The van der Waals surface area contributed by atoms with Gasteiger partial charge in [-0.15, -0.1) is 0 Å². The molecular weight excluding hydrogens is 160 g/mol. The number of benzene rings is 1. The summed E-state index contributed by atoms with van der Waals surface area (Å²) in [6.45, 7) is 6.07. The molecule has 2 nitrogen and oxygen atoms in total. The SMILES string of the molecule is Cc1cc(C)c(C(N)C#N)cc1C. The summed E-state index contributed by atoms with van der Waals surface area (Å²) in [5.74, 6) is 0. The first-order valence-electron chi connectivity index (χ1n) is 4.29. The van der Waals surface area contributed by atoms with Crippen molar-refractivity contribution in [3.05, 3.63) is 34.4 Å². The summed E-state index contributed by atoms with van der Waals surface area (Å²) < 4.78 is 0. The van der Waals surface area contributed by atoms with E-state index in [-0.39, 0.29) is 0 Å². The monoisotopic (exact) mass is 174 g/mol. The minimum Gasteiger partial charge on any atom is -0.312 e. The lowest BCUT2D eigenvalue weighted by atomic mass is 9.97. The van der Waals surface area contributed by atoms with Gasteiger partial charge >= 0.3 is 0 Å². The van der Waals surface area contributed by atoms with Gasteiger partial charge in [0.2, 0.25) is 0 Å². The first kappa shape index (κ1) is 9.76. The predicted octanol–water partition coefficient (Wildman–Crippen LogP) is 2.14. The molecule has 68 valence electrons. The molecule has 2 heteroatoms. The maximum Gasteiger partial charge on any atom is 0.119 e. The Hall–Kier alpha value is -1.33. The van der Waals surface area contributed by atoms with E-state index in [0.717, 1.165) is 11.1 Å².